The molecule has 1 N–H and O–H groups in total. The van der Waals surface area contributed by atoms with Gasteiger partial charge in [-0.3, -0.25) is 4.79 Å². The van der Waals surface area contributed by atoms with Crippen LogP contribution in [0.1, 0.15) is 6.92 Å². The normalized spacial score (nSPS) is 9.90. The zero-order valence-electron chi connectivity index (χ0n) is 5.75. The minimum Gasteiger partial charge on any atom is -0.542 e. The Labute approximate surface area is 79.8 Å². The second kappa shape index (κ2) is 5.46. The van der Waals surface area contributed by atoms with E-state index in [-0.39, 0.29) is 29.6 Å². The molecule has 4 nitrogen and oxygen atoms in total. The van der Waals surface area contributed by atoms with E-state index >= 15 is 0 Å². The largest absolute Gasteiger partial charge is 1.00 e. The molecule has 0 aromatic heterocycles. The fourth-order valence-electron chi connectivity index (χ4n) is 0.251. The molecule has 0 unspecified atom stereocenters. The van der Waals surface area contributed by atoms with Gasteiger partial charge in [0.15, 0.2) is 5.78 Å². The molecule has 0 radical (unpaired) electrons. The van der Waals surface area contributed by atoms with Crippen LogP contribution in [0.15, 0.2) is 11.8 Å². The molecule has 0 fully saturated rings. The van der Waals surface area contributed by atoms with Gasteiger partial charge in [0.2, 0.25) is 0 Å². The summed E-state index contributed by atoms with van der Waals surface area (Å²) in [5.74, 6) is -3.32. The molecular weight excluding hydrogens is 147 g/mol. The van der Waals surface area contributed by atoms with Gasteiger partial charge in [-0.2, -0.15) is 0 Å². The number of carboxylic acid groups (broad SMARTS) is 1. The van der Waals surface area contributed by atoms with Crippen LogP contribution in [0.4, 0.5) is 0 Å². The predicted molar refractivity (Wildman–Crippen MR) is 26.4 cm³/mol. The van der Waals surface area contributed by atoms with Crippen molar-refractivity contribution in [2.75, 3.05) is 0 Å². The van der Waals surface area contributed by atoms with Crippen molar-refractivity contribution in [3.05, 3.63) is 11.8 Å². The summed E-state index contributed by atoms with van der Waals surface area (Å²) in [6.07, 6.45) is 0.579. The molecule has 10 heavy (non-hydrogen) atoms. The first-order chi connectivity index (χ1) is 4.04. The fraction of sp³-hybridized carbons (Fsp3) is 0.200. The Morgan fingerprint density at radius 3 is 2.00 bits per heavy atom. The van der Waals surface area contributed by atoms with E-state index < -0.39 is 17.5 Å². The topological polar surface area (TPSA) is 77.4 Å². The summed E-state index contributed by atoms with van der Waals surface area (Å²) in [6, 6.07) is 0. The molecule has 0 saturated heterocycles. The van der Waals surface area contributed by atoms with Gasteiger partial charge in [-0.25, -0.2) is 0 Å². The number of aliphatic carboxylic acids is 1. The van der Waals surface area contributed by atoms with Crippen molar-refractivity contribution in [2.24, 2.45) is 0 Å². The molecule has 0 aliphatic heterocycles. The van der Waals surface area contributed by atoms with E-state index in [1.165, 1.54) is 0 Å². The Morgan fingerprint density at radius 2 is 1.90 bits per heavy atom. The van der Waals surface area contributed by atoms with Crippen molar-refractivity contribution in [3.8, 4) is 0 Å². The van der Waals surface area contributed by atoms with Gasteiger partial charge < -0.3 is 15.0 Å². The third kappa shape index (κ3) is 5.81. The Kier molecular flexibility index (Phi) is 6.76. The second-order valence-electron chi connectivity index (χ2n) is 1.43. The van der Waals surface area contributed by atoms with Crippen LogP contribution in [0.3, 0.4) is 0 Å². The second-order valence-corrected chi connectivity index (χ2v) is 1.43. The van der Waals surface area contributed by atoms with Crippen LogP contribution in [-0.4, -0.2) is 16.9 Å². The molecule has 0 atom stereocenters. The average molecular weight is 152 g/mol. The minimum atomic E-state index is -1.75. The van der Waals surface area contributed by atoms with Gasteiger partial charge in [-0.1, -0.05) is 0 Å². The summed E-state index contributed by atoms with van der Waals surface area (Å²) in [5.41, 5.74) is 0. The summed E-state index contributed by atoms with van der Waals surface area (Å²) in [5, 5.41) is 17.9. The van der Waals surface area contributed by atoms with Crippen molar-refractivity contribution >= 4 is 11.8 Å². The van der Waals surface area contributed by atoms with Crippen molar-refractivity contribution in [2.45, 2.75) is 6.92 Å². The van der Waals surface area contributed by atoms with Crippen LogP contribution in [0.2, 0.25) is 0 Å². The fourth-order valence-corrected chi connectivity index (χ4v) is 0.251. The molecule has 0 spiro atoms. The predicted octanol–water partition coefficient (Wildman–Crippen LogP) is -4.23. The standard InChI is InChI=1S/C5H6O4.Na/c1-3(6)2-4(7)5(8)9;/h2,7H,1H3,(H,8,9);/q;+1/p-1/b4-2-;. The van der Waals surface area contributed by atoms with Crippen LogP contribution in [0.5, 0.6) is 0 Å². The zero-order valence-corrected chi connectivity index (χ0v) is 7.75. The average Bonchev–Trinajstić information content (AvgIpc) is 1.63. The van der Waals surface area contributed by atoms with Crippen molar-refractivity contribution in [1.29, 1.82) is 0 Å². The first-order valence-corrected chi connectivity index (χ1v) is 2.16. The summed E-state index contributed by atoms with van der Waals surface area (Å²) in [4.78, 5) is 19.7. The number of ketones is 1. The number of carbonyl (C=O) groups is 2. The van der Waals surface area contributed by atoms with Crippen LogP contribution < -0.4 is 34.7 Å². The van der Waals surface area contributed by atoms with Crippen LogP contribution in [0, 0.1) is 0 Å². The number of allylic oxidation sites excluding steroid dienone is 1. The Bertz CT molecular complexity index is 172. The molecule has 0 aliphatic carbocycles. The molecule has 0 heterocycles. The van der Waals surface area contributed by atoms with Gasteiger partial charge in [0.1, 0.15) is 11.7 Å². The minimum absolute atomic E-state index is 0. The van der Waals surface area contributed by atoms with E-state index in [1.54, 1.807) is 0 Å². The van der Waals surface area contributed by atoms with Gasteiger partial charge in [0, 0.05) is 6.08 Å². The quantitative estimate of drug-likeness (QED) is 0.247. The Balaban J connectivity index is 0. The molecule has 5 heteroatoms. The summed E-state index contributed by atoms with van der Waals surface area (Å²) >= 11 is 0. The molecule has 0 aliphatic rings. The van der Waals surface area contributed by atoms with Gasteiger partial charge in [-0.05, 0) is 6.92 Å². The van der Waals surface area contributed by atoms with Crippen LogP contribution >= 0.6 is 0 Å². The maximum atomic E-state index is 10.0. The summed E-state index contributed by atoms with van der Waals surface area (Å²) < 4.78 is 0. The van der Waals surface area contributed by atoms with Gasteiger partial charge in [0.05, 0.1) is 0 Å². The molecule has 0 aromatic carbocycles. The molecule has 50 valence electrons. The number of aliphatic hydroxyl groups excluding tert-OH is 1. The van der Waals surface area contributed by atoms with Gasteiger partial charge in [-0.15, -0.1) is 0 Å². The number of rotatable bonds is 2. The zero-order chi connectivity index (χ0) is 7.44. The number of hydrogen-bond donors (Lipinski definition) is 1. The maximum Gasteiger partial charge on any atom is 1.00 e. The third-order valence-corrected chi connectivity index (χ3v) is 0.549. The number of hydrogen-bond acceptors (Lipinski definition) is 4. The van der Waals surface area contributed by atoms with Crippen molar-refractivity contribution in [3.63, 3.8) is 0 Å². The van der Waals surface area contributed by atoms with E-state index in [2.05, 4.69) is 0 Å². The van der Waals surface area contributed by atoms with Gasteiger partial charge in [0.25, 0.3) is 0 Å². The van der Waals surface area contributed by atoms with Crippen molar-refractivity contribution < 1.29 is 49.4 Å². The van der Waals surface area contributed by atoms with E-state index in [1.807, 2.05) is 0 Å². The third-order valence-electron chi connectivity index (χ3n) is 0.549. The molecule has 0 saturated carbocycles. The summed E-state index contributed by atoms with van der Waals surface area (Å²) in [7, 11) is 0. The molecule has 0 amide bonds. The Hall–Kier alpha value is -0.320. The van der Waals surface area contributed by atoms with Gasteiger partial charge >= 0.3 is 29.6 Å². The Morgan fingerprint density at radius 1 is 1.50 bits per heavy atom. The molecule has 0 aromatic rings. The number of carbonyl (C=O) groups excluding carboxylic acids is 2. The molecular formula is C5H5NaO4. The van der Waals surface area contributed by atoms with E-state index in [0.717, 1.165) is 6.92 Å². The number of aliphatic hydroxyl groups is 1. The van der Waals surface area contributed by atoms with E-state index in [0.29, 0.717) is 6.08 Å². The number of carboxylic acids is 1. The van der Waals surface area contributed by atoms with E-state index in [4.69, 9.17) is 5.11 Å². The first-order valence-electron chi connectivity index (χ1n) is 2.16. The molecule has 0 rings (SSSR count). The SMILES string of the molecule is CC(=O)/C=C(\O)C(=O)[O-].[Na+]. The van der Waals surface area contributed by atoms with Crippen molar-refractivity contribution in [1.82, 2.24) is 0 Å². The van der Waals surface area contributed by atoms with Crippen LogP contribution in [0.25, 0.3) is 0 Å². The first kappa shape index (κ1) is 12.4. The maximum absolute atomic E-state index is 10.0. The van der Waals surface area contributed by atoms with E-state index in [9.17, 15) is 14.7 Å². The monoisotopic (exact) mass is 152 g/mol. The molecule has 0 bridgehead atoms. The summed E-state index contributed by atoms with van der Waals surface area (Å²) in [6.45, 7) is 1.12. The smallest absolute Gasteiger partial charge is 0.542 e. The van der Waals surface area contributed by atoms with Crippen LogP contribution in [-0.2, 0) is 9.59 Å².